The summed E-state index contributed by atoms with van der Waals surface area (Å²) in [6.45, 7) is 3.40. The fraction of sp³-hybridized carbons (Fsp3) is 0.400. The van der Waals surface area contributed by atoms with Crippen LogP contribution in [0.15, 0.2) is 18.2 Å². The SMILES string of the molecule is C.Cc1ccc([N+](=O)[O-])cc1C(C)O. The predicted molar refractivity (Wildman–Crippen MR) is 55.2 cm³/mol. The van der Waals surface area contributed by atoms with E-state index in [4.69, 9.17) is 0 Å². The standard InChI is InChI=1S/C9H11NO3.CH4/c1-6-3-4-8(10(12)13)5-9(6)7(2)11;/h3-5,7,11H,1-2H3;1H4. The van der Waals surface area contributed by atoms with Gasteiger partial charge in [-0.15, -0.1) is 0 Å². The lowest BCUT2D eigenvalue weighted by molar-refractivity contribution is -0.385. The van der Waals surface area contributed by atoms with Crippen molar-refractivity contribution in [3.63, 3.8) is 0 Å². The zero-order valence-corrected chi connectivity index (χ0v) is 7.52. The number of aryl methyl sites for hydroxylation is 1. The summed E-state index contributed by atoms with van der Waals surface area (Å²) in [6.07, 6.45) is -0.667. The Hall–Kier alpha value is -1.42. The second kappa shape index (κ2) is 4.72. The number of hydrogen-bond acceptors (Lipinski definition) is 3. The van der Waals surface area contributed by atoms with Gasteiger partial charge in [0.2, 0.25) is 0 Å². The molecule has 0 radical (unpaired) electrons. The number of aliphatic hydroxyl groups is 1. The summed E-state index contributed by atoms with van der Waals surface area (Å²) in [7, 11) is 0. The normalized spacial score (nSPS) is 11.6. The molecule has 0 heterocycles. The zero-order chi connectivity index (χ0) is 10.0. The quantitative estimate of drug-likeness (QED) is 0.585. The molecule has 1 unspecified atom stereocenters. The molecule has 0 aliphatic heterocycles. The van der Waals surface area contributed by atoms with Crippen molar-refractivity contribution in [1.29, 1.82) is 0 Å². The lowest BCUT2D eigenvalue weighted by atomic mass is 10.0. The highest BCUT2D eigenvalue weighted by Gasteiger charge is 2.11. The van der Waals surface area contributed by atoms with E-state index in [2.05, 4.69) is 0 Å². The van der Waals surface area contributed by atoms with Gasteiger partial charge < -0.3 is 5.11 Å². The van der Waals surface area contributed by atoms with Crippen LogP contribution in [-0.2, 0) is 0 Å². The van der Waals surface area contributed by atoms with E-state index >= 15 is 0 Å². The number of aliphatic hydroxyl groups excluding tert-OH is 1. The van der Waals surface area contributed by atoms with E-state index in [1.807, 2.05) is 6.92 Å². The largest absolute Gasteiger partial charge is 0.389 e. The van der Waals surface area contributed by atoms with Gasteiger partial charge in [-0.05, 0) is 25.0 Å². The highest BCUT2D eigenvalue weighted by atomic mass is 16.6. The molecule has 0 bridgehead atoms. The second-order valence-electron chi connectivity index (χ2n) is 2.97. The molecule has 0 saturated heterocycles. The Kier molecular flexibility index (Phi) is 4.24. The molecule has 1 N–H and O–H groups in total. The molecule has 1 rings (SSSR count). The molecule has 1 atom stereocenters. The van der Waals surface area contributed by atoms with E-state index in [9.17, 15) is 15.2 Å². The molecule has 0 aliphatic rings. The molecule has 78 valence electrons. The molecular formula is C10H15NO3. The first-order valence-electron chi connectivity index (χ1n) is 3.95. The predicted octanol–water partition coefficient (Wildman–Crippen LogP) is 2.59. The van der Waals surface area contributed by atoms with Gasteiger partial charge in [-0.3, -0.25) is 10.1 Å². The van der Waals surface area contributed by atoms with Gasteiger partial charge in [0, 0.05) is 12.1 Å². The average molecular weight is 197 g/mol. The van der Waals surface area contributed by atoms with Gasteiger partial charge in [0.1, 0.15) is 0 Å². The summed E-state index contributed by atoms with van der Waals surface area (Å²) in [5.41, 5.74) is 1.48. The van der Waals surface area contributed by atoms with Crippen molar-refractivity contribution < 1.29 is 10.0 Å². The van der Waals surface area contributed by atoms with Crippen LogP contribution < -0.4 is 0 Å². The number of non-ortho nitro benzene ring substituents is 1. The van der Waals surface area contributed by atoms with Crippen molar-refractivity contribution in [3.8, 4) is 0 Å². The molecule has 4 heteroatoms. The van der Waals surface area contributed by atoms with Gasteiger partial charge in [-0.1, -0.05) is 13.5 Å². The summed E-state index contributed by atoms with van der Waals surface area (Å²) in [4.78, 5) is 9.94. The second-order valence-corrected chi connectivity index (χ2v) is 2.97. The van der Waals surface area contributed by atoms with Crippen LogP contribution in [0.1, 0.15) is 31.6 Å². The van der Waals surface area contributed by atoms with E-state index in [1.165, 1.54) is 12.1 Å². The molecular weight excluding hydrogens is 182 g/mol. The molecule has 0 spiro atoms. The Morgan fingerprint density at radius 2 is 2.07 bits per heavy atom. The number of hydrogen-bond donors (Lipinski definition) is 1. The number of nitro benzene ring substituents is 1. The van der Waals surface area contributed by atoms with Gasteiger partial charge in [-0.25, -0.2) is 0 Å². The molecule has 0 amide bonds. The first-order chi connectivity index (χ1) is 6.02. The Labute approximate surface area is 83.3 Å². The summed E-state index contributed by atoms with van der Waals surface area (Å²) in [5, 5.41) is 19.7. The van der Waals surface area contributed by atoms with E-state index in [-0.39, 0.29) is 13.1 Å². The molecule has 14 heavy (non-hydrogen) atoms. The fourth-order valence-electron chi connectivity index (χ4n) is 1.19. The van der Waals surface area contributed by atoms with Crippen molar-refractivity contribution in [2.75, 3.05) is 0 Å². The van der Waals surface area contributed by atoms with Crippen molar-refractivity contribution in [3.05, 3.63) is 39.4 Å². The third kappa shape index (κ3) is 2.53. The monoisotopic (exact) mass is 197 g/mol. The molecule has 1 aromatic carbocycles. The third-order valence-corrected chi connectivity index (χ3v) is 1.92. The minimum Gasteiger partial charge on any atom is -0.389 e. The van der Waals surface area contributed by atoms with E-state index in [0.29, 0.717) is 5.56 Å². The summed E-state index contributed by atoms with van der Waals surface area (Å²) in [6, 6.07) is 4.47. The highest BCUT2D eigenvalue weighted by Crippen LogP contribution is 2.22. The lowest BCUT2D eigenvalue weighted by Gasteiger charge is -2.07. The third-order valence-electron chi connectivity index (χ3n) is 1.92. The summed E-state index contributed by atoms with van der Waals surface area (Å²) in [5.74, 6) is 0. The lowest BCUT2D eigenvalue weighted by Crippen LogP contribution is -1.97. The number of nitrogens with zero attached hydrogens (tertiary/aromatic N) is 1. The van der Waals surface area contributed by atoms with E-state index in [0.717, 1.165) is 5.56 Å². The van der Waals surface area contributed by atoms with E-state index in [1.54, 1.807) is 13.0 Å². The molecule has 0 saturated carbocycles. The maximum Gasteiger partial charge on any atom is 0.269 e. The van der Waals surface area contributed by atoms with Crippen LogP contribution in [0.2, 0.25) is 0 Å². The minimum absolute atomic E-state index is 0. The van der Waals surface area contributed by atoms with Crippen LogP contribution in [0.25, 0.3) is 0 Å². The molecule has 0 fully saturated rings. The highest BCUT2D eigenvalue weighted by molar-refractivity contribution is 5.40. The molecule has 4 nitrogen and oxygen atoms in total. The Morgan fingerprint density at radius 3 is 2.50 bits per heavy atom. The molecule has 1 aromatic rings. The fourth-order valence-corrected chi connectivity index (χ4v) is 1.19. The topological polar surface area (TPSA) is 63.4 Å². The van der Waals surface area contributed by atoms with Gasteiger partial charge in [-0.2, -0.15) is 0 Å². The molecule has 0 aromatic heterocycles. The van der Waals surface area contributed by atoms with Gasteiger partial charge in [0.05, 0.1) is 11.0 Å². The number of nitro groups is 1. The Morgan fingerprint density at radius 1 is 1.50 bits per heavy atom. The van der Waals surface area contributed by atoms with Gasteiger partial charge >= 0.3 is 0 Å². The van der Waals surface area contributed by atoms with Crippen molar-refractivity contribution in [2.24, 2.45) is 0 Å². The van der Waals surface area contributed by atoms with Crippen molar-refractivity contribution >= 4 is 5.69 Å². The van der Waals surface area contributed by atoms with Crippen molar-refractivity contribution in [1.82, 2.24) is 0 Å². The van der Waals surface area contributed by atoms with Crippen LogP contribution in [0.5, 0.6) is 0 Å². The molecule has 0 aliphatic carbocycles. The van der Waals surface area contributed by atoms with E-state index < -0.39 is 11.0 Å². The minimum atomic E-state index is -0.667. The van der Waals surface area contributed by atoms with Crippen molar-refractivity contribution in [2.45, 2.75) is 27.4 Å². The van der Waals surface area contributed by atoms with Crippen LogP contribution in [0.4, 0.5) is 5.69 Å². The van der Waals surface area contributed by atoms with Crippen LogP contribution >= 0.6 is 0 Å². The average Bonchev–Trinajstić information content (AvgIpc) is 2.04. The zero-order valence-electron chi connectivity index (χ0n) is 7.52. The Bertz CT molecular complexity index is 334. The first-order valence-corrected chi connectivity index (χ1v) is 3.95. The summed E-state index contributed by atoms with van der Waals surface area (Å²) < 4.78 is 0. The number of benzene rings is 1. The van der Waals surface area contributed by atoms with Gasteiger partial charge in [0.25, 0.3) is 5.69 Å². The maximum atomic E-state index is 10.4. The van der Waals surface area contributed by atoms with Crippen LogP contribution in [0, 0.1) is 17.0 Å². The van der Waals surface area contributed by atoms with Crippen LogP contribution in [0.3, 0.4) is 0 Å². The maximum absolute atomic E-state index is 10.4. The van der Waals surface area contributed by atoms with Gasteiger partial charge in [0.15, 0.2) is 0 Å². The number of rotatable bonds is 2. The Balaban J connectivity index is 0.00000169. The summed E-state index contributed by atoms with van der Waals surface area (Å²) >= 11 is 0. The smallest absolute Gasteiger partial charge is 0.269 e. The first kappa shape index (κ1) is 12.6. The van der Waals surface area contributed by atoms with Crippen LogP contribution in [-0.4, -0.2) is 10.0 Å².